The zero-order valence-corrected chi connectivity index (χ0v) is 14.5. The van der Waals surface area contributed by atoms with Crippen LogP contribution in [0.4, 0.5) is 26.3 Å². The molecule has 1 aromatic carbocycles. The van der Waals surface area contributed by atoms with E-state index in [0.29, 0.717) is 12.1 Å². The Morgan fingerprint density at radius 2 is 1.35 bits per heavy atom. The number of likely N-dealkylation sites (N-methyl/N-ethyl adjacent to an activating group) is 1. The van der Waals surface area contributed by atoms with Gasteiger partial charge in [0.15, 0.2) is 0 Å². The summed E-state index contributed by atoms with van der Waals surface area (Å²) < 4.78 is 78.1. The van der Waals surface area contributed by atoms with Crippen molar-refractivity contribution < 1.29 is 31.1 Å². The Kier molecular flexibility index (Phi) is 5.95. The molecule has 1 amide bonds. The van der Waals surface area contributed by atoms with Crippen molar-refractivity contribution in [3.63, 3.8) is 0 Å². The zero-order chi connectivity index (χ0) is 20.5. The number of allylic oxidation sites excluding steroid dienone is 2. The normalized spacial score (nSPS) is 13.5. The van der Waals surface area contributed by atoms with Gasteiger partial charge < -0.3 is 10.3 Å². The van der Waals surface area contributed by atoms with Crippen LogP contribution in [0, 0.1) is 5.41 Å². The van der Waals surface area contributed by atoms with Crippen molar-refractivity contribution in [2.45, 2.75) is 38.5 Å². The Bertz CT molecular complexity index is 699. The molecule has 0 aliphatic carbocycles. The van der Waals surface area contributed by atoms with E-state index in [1.54, 1.807) is 6.92 Å². The summed E-state index contributed by atoms with van der Waals surface area (Å²) in [5.41, 5.74) is -4.91. The summed E-state index contributed by atoms with van der Waals surface area (Å²) in [5, 5.41) is 7.24. The van der Waals surface area contributed by atoms with Crippen LogP contribution in [0.25, 0.3) is 0 Å². The molecular formula is C17H18F6N2O. The molecule has 0 heterocycles. The molecule has 0 fully saturated rings. The van der Waals surface area contributed by atoms with Crippen LogP contribution in [-0.4, -0.2) is 24.1 Å². The van der Waals surface area contributed by atoms with E-state index in [1.165, 1.54) is 27.0 Å². The topological polar surface area (TPSA) is 44.2 Å². The number of rotatable bonds is 4. The van der Waals surface area contributed by atoms with Crippen LogP contribution in [0.1, 0.15) is 37.5 Å². The van der Waals surface area contributed by atoms with Crippen LogP contribution in [0.15, 0.2) is 30.0 Å². The lowest BCUT2D eigenvalue weighted by Gasteiger charge is -2.31. The molecule has 0 unspecified atom stereocenters. The molecule has 1 aromatic rings. The van der Waals surface area contributed by atoms with Gasteiger partial charge in [-0.2, -0.15) is 26.3 Å². The van der Waals surface area contributed by atoms with Crippen LogP contribution < -0.4 is 0 Å². The van der Waals surface area contributed by atoms with E-state index in [9.17, 15) is 31.1 Å². The molecule has 0 aliphatic heterocycles. The molecule has 0 spiro atoms. The number of amides is 1. The lowest BCUT2D eigenvalue weighted by molar-refractivity contribution is -0.143. The number of nitrogens with zero attached hydrogens (tertiary/aromatic N) is 1. The second-order valence-electron chi connectivity index (χ2n) is 6.14. The van der Waals surface area contributed by atoms with Crippen molar-refractivity contribution in [3.8, 4) is 0 Å². The van der Waals surface area contributed by atoms with Crippen molar-refractivity contribution in [1.82, 2.24) is 4.90 Å². The fourth-order valence-corrected chi connectivity index (χ4v) is 2.35. The predicted molar refractivity (Wildman–Crippen MR) is 84.8 cm³/mol. The molecule has 3 nitrogen and oxygen atoms in total. The predicted octanol–water partition coefficient (Wildman–Crippen LogP) is 5.01. The number of carbonyl (C=O) groups is 1. The molecule has 0 saturated heterocycles. The van der Waals surface area contributed by atoms with E-state index in [4.69, 9.17) is 5.41 Å². The summed E-state index contributed by atoms with van der Waals surface area (Å²) in [5.74, 6) is -0.749. The van der Waals surface area contributed by atoms with Gasteiger partial charge in [-0.25, -0.2) is 0 Å². The van der Waals surface area contributed by atoms with E-state index in [0.717, 1.165) is 11.1 Å². The third-order valence-electron chi connectivity index (χ3n) is 3.98. The quantitative estimate of drug-likeness (QED) is 0.579. The third kappa shape index (κ3) is 4.44. The Morgan fingerprint density at radius 3 is 1.65 bits per heavy atom. The summed E-state index contributed by atoms with van der Waals surface area (Å²) in [4.78, 5) is 13.7. The minimum atomic E-state index is -5.00. The van der Waals surface area contributed by atoms with E-state index >= 15 is 0 Å². The van der Waals surface area contributed by atoms with Crippen molar-refractivity contribution in [2.75, 3.05) is 7.05 Å². The minimum Gasteiger partial charge on any atom is -0.314 e. The number of halogens is 6. The summed E-state index contributed by atoms with van der Waals surface area (Å²) in [6, 6.07) is 1.10. The number of hydrogen-bond acceptors (Lipinski definition) is 2. The highest BCUT2D eigenvalue weighted by molar-refractivity contribution is 5.93. The Labute approximate surface area is 146 Å². The van der Waals surface area contributed by atoms with Gasteiger partial charge in [-0.3, -0.25) is 4.79 Å². The smallest absolute Gasteiger partial charge is 0.314 e. The van der Waals surface area contributed by atoms with Crippen molar-refractivity contribution in [2.24, 2.45) is 0 Å². The van der Waals surface area contributed by atoms with Gasteiger partial charge in [-0.05, 0) is 44.5 Å². The molecule has 9 heteroatoms. The van der Waals surface area contributed by atoms with Gasteiger partial charge in [0.05, 0.1) is 22.2 Å². The first-order valence-electron chi connectivity index (χ1n) is 7.41. The van der Waals surface area contributed by atoms with E-state index in [2.05, 4.69) is 0 Å². The lowest BCUT2D eigenvalue weighted by Crippen LogP contribution is -2.41. The van der Waals surface area contributed by atoms with E-state index in [1.807, 2.05) is 0 Å². The average Bonchev–Trinajstić information content (AvgIpc) is 2.53. The third-order valence-corrected chi connectivity index (χ3v) is 3.98. The van der Waals surface area contributed by atoms with Gasteiger partial charge in [0.1, 0.15) is 0 Å². The maximum atomic E-state index is 13.0. The molecule has 0 atom stereocenters. The van der Waals surface area contributed by atoms with Gasteiger partial charge in [0.2, 0.25) is 5.91 Å². The number of carbonyl (C=O) groups excluding carboxylic acids is 1. The fraction of sp³-hybridized carbons (Fsp3) is 0.412. The number of benzene rings is 1. The molecule has 1 rings (SSSR count). The van der Waals surface area contributed by atoms with Gasteiger partial charge in [0.25, 0.3) is 0 Å². The summed E-state index contributed by atoms with van der Waals surface area (Å²) in [6.45, 7) is 4.01. The second-order valence-corrected chi connectivity index (χ2v) is 6.14. The highest BCUT2D eigenvalue weighted by Gasteiger charge is 2.41. The molecule has 26 heavy (non-hydrogen) atoms. The van der Waals surface area contributed by atoms with Crippen LogP contribution in [-0.2, 0) is 22.6 Å². The summed E-state index contributed by atoms with van der Waals surface area (Å²) in [6.07, 6.45) is -7.70. The zero-order valence-electron chi connectivity index (χ0n) is 14.5. The molecule has 0 aliphatic rings. The van der Waals surface area contributed by atoms with Crippen LogP contribution in [0.5, 0.6) is 0 Å². The standard InChI is InChI=1S/C17H18F6N2O/c1-5-13(9-24)25(4)14(26)15(2,3)10-6-11(16(18,19)20)8-12(7-10)17(21,22)23/h5-9,24H,1-4H3/b13-5-,24-9?. The van der Waals surface area contributed by atoms with Crippen molar-refractivity contribution in [1.29, 1.82) is 5.41 Å². The Balaban J connectivity index is 3.57. The number of hydrogen-bond donors (Lipinski definition) is 1. The van der Waals surface area contributed by atoms with Crippen LogP contribution in [0.2, 0.25) is 0 Å². The molecule has 1 N–H and O–H groups in total. The average molecular weight is 380 g/mol. The first-order valence-corrected chi connectivity index (χ1v) is 7.41. The first kappa shape index (κ1) is 21.7. The highest BCUT2D eigenvalue weighted by Crippen LogP contribution is 2.39. The van der Waals surface area contributed by atoms with Crippen LogP contribution in [0.3, 0.4) is 0 Å². The second kappa shape index (κ2) is 7.13. The molecule has 0 aromatic heterocycles. The maximum Gasteiger partial charge on any atom is 0.416 e. The number of alkyl halides is 6. The largest absolute Gasteiger partial charge is 0.416 e. The van der Waals surface area contributed by atoms with Gasteiger partial charge in [-0.15, -0.1) is 0 Å². The SMILES string of the molecule is C/C=C(/C=N)N(C)C(=O)C(C)(C)c1cc(C(F)(F)F)cc(C(F)(F)F)c1. The van der Waals surface area contributed by atoms with Crippen molar-refractivity contribution >= 4 is 12.1 Å². The highest BCUT2D eigenvalue weighted by atomic mass is 19.4. The van der Waals surface area contributed by atoms with E-state index in [-0.39, 0.29) is 11.8 Å². The summed E-state index contributed by atoms with van der Waals surface area (Å²) >= 11 is 0. The number of nitrogens with one attached hydrogen (secondary N) is 1. The fourth-order valence-electron chi connectivity index (χ4n) is 2.35. The first-order chi connectivity index (χ1) is 11.7. The molecule has 0 bridgehead atoms. The Morgan fingerprint density at radius 1 is 0.962 bits per heavy atom. The van der Waals surface area contributed by atoms with E-state index < -0.39 is 40.4 Å². The van der Waals surface area contributed by atoms with Gasteiger partial charge >= 0.3 is 12.4 Å². The molecule has 0 radical (unpaired) electrons. The van der Waals surface area contributed by atoms with Gasteiger partial charge in [0, 0.05) is 13.3 Å². The summed E-state index contributed by atoms with van der Waals surface area (Å²) in [7, 11) is 1.29. The monoisotopic (exact) mass is 380 g/mol. The molecular weight excluding hydrogens is 362 g/mol. The molecule has 0 saturated carbocycles. The maximum absolute atomic E-state index is 13.0. The minimum absolute atomic E-state index is 0.0166. The van der Waals surface area contributed by atoms with Gasteiger partial charge in [-0.1, -0.05) is 6.08 Å². The molecule has 144 valence electrons. The Hall–Kier alpha value is -2.32. The van der Waals surface area contributed by atoms with Crippen LogP contribution >= 0.6 is 0 Å². The lowest BCUT2D eigenvalue weighted by atomic mass is 9.81. The van der Waals surface area contributed by atoms with Crippen molar-refractivity contribution in [3.05, 3.63) is 46.7 Å².